The van der Waals surface area contributed by atoms with E-state index in [9.17, 15) is 4.79 Å². The largest absolute Gasteiger partial charge is 0.489 e. The molecular weight excluding hydrogens is 459 g/mol. The summed E-state index contributed by atoms with van der Waals surface area (Å²) in [5.74, 6) is 1.51. The number of halogens is 1. The Labute approximate surface area is 179 Å². The summed E-state index contributed by atoms with van der Waals surface area (Å²) in [7, 11) is 0. The second kappa shape index (κ2) is 13.5. The number of ether oxygens (including phenoxy) is 2. The van der Waals surface area contributed by atoms with Gasteiger partial charge in [-0.3, -0.25) is 0 Å². The van der Waals surface area contributed by atoms with E-state index in [1.807, 2.05) is 65.0 Å². The molecule has 8 heteroatoms. The zero-order chi connectivity index (χ0) is 19.4. The van der Waals surface area contributed by atoms with Crippen molar-refractivity contribution < 1.29 is 14.3 Å². The van der Waals surface area contributed by atoms with Gasteiger partial charge in [0.15, 0.2) is 5.96 Å². The predicted molar refractivity (Wildman–Crippen MR) is 120 cm³/mol. The zero-order valence-electron chi connectivity index (χ0n) is 16.9. The van der Waals surface area contributed by atoms with Gasteiger partial charge in [0.25, 0.3) is 0 Å². The van der Waals surface area contributed by atoms with Gasteiger partial charge in [-0.25, -0.2) is 9.79 Å². The van der Waals surface area contributed by atoms with Gasteiger partial charge in [-0.1, -0.05) is 18.2 Å². The van der Waals surface area contributed by atoms with Crippen molar-refractivity contribution in [2.45, 2.75) is 46.3 Å². The third-order valence-corrected chi connectivity index (χ3v) is 3.02. The Bertz CT molecular complexity index is 562. The standard InChI is InChI=1S/C19H32N4O3.HI/c1-6-20-17(21-12-13-22-18(24)26-19(3,4)5)23-14-15(2)25-16-10-8-7-9-11-16;/h7-11,15H,6,12-14H2,1-5H3,(H,22,24)(H2,20,21,23);1H. The number of rotatable bonds is 8. The van der Waals surface area contributed by atoms with E-state index in [1.165, 1.54) is 0 Å². The molecule has 1 amide bonds. The lowest BCUT2D eigenvalue weighted by Crippen LogP contribution is -2.42. The SMILES string of the molecule is CCNC(=NCC(C)Oc1ccccc1)NCCNC(=O)OC(C)(C)C.I. The van der Waals surface area contributed by atoms with Crippen LogP contribution < -0.4 is 20.7 Å². The Balaban J connectivity index is 0.00000676. The highest BCUT2D eigenvalue weighted by atomic mass is 127. The minimum atomic E-state index is -0.497. The first kappa shape index (κ1) is 25.3. The summed E-state index contributed by atoms with van der Waals surface area (Å²) in [6.07, 6.45) is -0.473. The maximum Gasteiger partial charge on any atom is 0.407 e. The number of nitrogens with one attached hydrogen (secondary N) is 3. The third-order valence-electron chi connectivity index (χ3n) is 3.02. The Morgan fingerprint density at radius 3 is 2.33 bits per heavy atom. The van der Waals surface area contributed by atoms with Crippen molar-refractivity contribution in [1.29, 1.82) is 0 Å². The summed E-state index contributed by atoms with van der Waals surface area (Å²) in [4.78, 5) is 16.1. The van der Waals surface area contributed by atoms with E-state index >= 15 is 0 Å². The first-order valence-electron chi connectivity index (χ1n) is 9.01. The highest BCUT2D eigenvalue weighted by Crippen LogP contribution is 2.10. The van der Waals surface area contributed by atoms with Crippen molar-refractivity contribution >= 4 is 36.0 Å². The van der Waals surface area contributed by atoms with Crippen LogP contribution in [-0.4, -0.2) is 49.9 Å². The monoisotopic (exact) mass is 492 g/mol. The molecule has 1 aromatic carbocycles. The molecule has 154 valence electrons. The van der Waals surface area contributed by atoms with Crippen molar-refractivity contribution in [3.63, 3.8) is 0 Å². The molecule has 1 rings (SSSR count). The molecule has 0 saturated heterocycles. The van der Waals surface area contributed by atoms with Gasteiger partial charge in [-0.05, 0) is 46.8 Å². The van der Waals surface area contributed by atoms with Crippen molar-refractivity contribution in [2.24, 2.45) is 4.99 Å². The van der Waals surface area contributed by atoms with Gasteiger partial charge in [0.1, 0.15) is 17.5 Å². The molecule has 1 atom stereocenters. The maximum absolute atomic E-state index is 11.6. The molecule has 0 radical (unpaired) electrons. The van der Waals surface area contributed by atoms with Crippen LogP contribution in [0, 0.1) is 0 Å². The Kier molecular flexibility index (Phi) is 12.6. The number of nitrogens with zero attached hydrogens (tertiary/aromatic N) is 1. The number of aliphatic imine (C=N–C) groups is 1. The van der Waals surface area contributed by atoms with Crippen LogP contribution in [-0.2, 0) is 4.74 Å². The average molecular weight is 492 g/mol. The lowest BCUT2D eigenvalue weighted by atomic mass is 10.2. The number of guanidine groups is 1. The van der Waals surface area contributed by atoms with Crippen molar-refractivity contribution in [3.8, 4) is 5.75 Å². The van der Waals surface area contributed by atoms with Crippen LogP contribution in [0.15, 0.2) is 35.3 Å². The predicted octanol–water partition coefficient (Wildman–Crippen LogP) is 3.15. The first-order chi connectivity index (χ1) is 12.3. The molecule has 0 heterocycles. The second-order valence-corrected chi connectivity index (χ2v) is 6.82. The Morgan fingerprint density at radius 1 is 1.11 bits per heavy atom. The molecule has 1 aromatic rings. The average Bonchev–Trinajstić information content (AvgIpc) is 2.55. The molecule has 0 aliphatic heterocycles. The minimum absolute atomic E-state index is 0. The van der Waals surface area contributed by atoms with Crippen molar-refractivity contribution in [2.75, 3.05) is 26.2 Å². The molecule has 0 bridgehead atoms. The third kappa shape index (κ3) is 13.2. The minimum Gasteiger partial charge on any atom is -0.489 e. The van der Waals surface area contributed by atoms with Crippen molar-refractivity contribution in [3.05, 3.63) is 30.3 Å². The Morgan fingerprint density at radius 2 is 1.74 bits per heavy atom. The number of hydrogen-bond acceptors (Lipinski definition) is 4. The number of para-hydroxylation sites is 1. The molecule has 1 unspecified atom stereocenters. The fraction of sp³-hybridized carbons (Fsp3) is 0.579. The zero-order valence-corrected chi connectivity index (χ0v) is 19.2. The molecule has 0 fully saturated rings. The van der Waals surface area contributed by atoms with E-state index in [4.69, 9.17) is 9.47 Å². The number of hydrogen-bond donors (Lipinski definition) is 3. The topological polar surface area (TPSA) is 84.0 Å². The molecule has 27 heavy (non-hydrogen) atoms. The number of amides is 1. The second-order valence-electron chi connectivity index (χ2n) is 6.82. The van der Waals surface area contributed by atoms with E-state index in [0.29, 0.717) is 25.6 Å². The summed E-state index contributed by atoms with van der Waals surface area (Å²) < 4.78 is 11.0. The first-order valence-corrected chi connectivity index (χ1v) is 9.01. The van der Waals surface area contributed by atoms with Crippen LogP contribution in [0.4, 0.5) is 4.79 Å². The van der Waals surface area contributed by atoms with E-state index in [2.05, 4.69) is 20.9 Å². The van der Waals surface area contributed by atoms with Gasteiger partial charge < -0.3 is 25.4 Å². The van der Waals surface area contributed by atoms with E-state index in [0.717, 1.165) is 12.3 Å². The lowest BCUT2D eigenvalue weighted by molar-refractivity contribution is 0.0529. The fourth-order valence-corrected chi connectivity index (χ4v) is 1.99. The van der Waals surface area contributed by atoms with E-state index in [-0.39, 0.29) is 30.1 Å². The van der Waals surface area contributed by atoms with Gasteiger partial charge in [0, 0.05) is 19.6 Å². The van der Waals surface area contributed by atoms with Gasteiger partial charge in [-0.15, -0.1) is 24.0 Å². The van der Waals surface area contributed by atoms with Crippen LogP contribution in [0.25, 0.3) is 0 Å². The van der Waals surface area contributed by atoms with Crippen LogP contribution in [0.5, 0.6) is 5.75 Å². The van der Waals surface area contributed by atoms with Crippen molar-refractivity contribution in [1.82, 2.24) is 16.0 Å². The molecule has 0 saturated carbocycles. The molecule has 0 spiro atoms. The lowest BCUT2D eigenvalue weighted by Gasteiger charge is -2.20. The molecule has 7 nitrogen and oxygen atoms in total. The van der Waals surface area contributed by atoms with E-state index < -0.39 is 11.7 Å². The number of carbonyl (C=O) groups excluding carboxylic acids is 1. The quantitative estimate of drug-likeness (QED) is 0.225. The van der Waals surface area contributed by atoms with Gasteiger partial charge in [-0.2, -0.15) is 0 Å². The van der Waals surface area contributed by atoms with E-state index in [1.54, 1.807) is 0 Å². The summed E-state index contributed by atoms with van der Waals surface area (Å²) >= 11 is 0. The number of carbonyl (C=O) groups is 1. The van der Waals surface area contributed by atoms with Crippen LogP contribution in [0.1, 0.15) is 34.6 Å². The molecule has 0 aliphatic rings. The molecule has 0 aromatic heterocycles. The van der Waals surface area contributed by atoms with Gasteiger partial charge in [0.2, 0.25) is 0 Å². The summed E-state index contributed by atoms with van der Waals surface area (Å²) in [6, 6.07) is 9.68. The van der Waals surface area contributed by atoms with Crippen LogP contribution in [0.3, 0.4) is 0 Å². The number of alkyl carbamates (subject to hydrolysis) is 1. The highest BCUT2D eigenvalue weighted by Gasteiger charge is 2.15. The van der Waals surface area contributed by atoms with Crippen LogP contribution in [0.2, 0.25) is 0 Å². The normalized spacial score (nSPS) is 12.4. The number of benzene rings is 1. The molecule has 0 aliphatic carbocycles. The molecule has 3 N–H and O–H groups in total. The van der Waals surface area contributed by atoms with Gasteiger partial charge in [0.05, 0.1) is 6.54 Å². The smallest absolute Gasteiger partial charge is 0.407 e. The summed E-state index contributed by atoms with van der Waals surface area (Å²) in [6.45, 7) is 11.7. The maximum atomic E-state index is 11.6. The van der Waals surface area contributed by atoms with Crippen LogP contribution >= 0.6 is 24.0 Å². The molecular formula is C19H33IN4O3. The highest BCUT2D eigenvalue weighted by molar-refractivity contribution is 14.0. The Hall–Kier alpha value is -1.71. The summed E-state index contributed by atoms with van der Waals surface area (Å²) in [5, 5.41) is 9.04. The fourth-order valence-electron chi connectivity index (χ4n) is 1.99. The summed E-state index contributed by atoms with van der Waals surface area (Å²) in [5.41, 5.74) is -0.497. The van der Waals surface area contributed by atoms with Gasteiger partial charge >= 0.3 is 6.09 Å².